The second kappa shape index (κ2) is 5.39. The minimum absolute atomic E-state index is 0.0173. The van der Waals surface area contributed by atoms with E-state index in [4.69, 9.17) is 0 Å². The highest BCUT2D eigenvalue weighted by Gasteiger charge is 2.43. The Labute approximate surface area is 88.2 Å². The van der Waals surface area contributed by atoms with Crippen LogP contribution < -0.4 is 5.32 Å². The number of hydrogen-bond acceptors (Lipinski definition) is 3. The lowest BCUT2D eigenvalue weighted by atomic mass is 10.2. The Morgan fingerprint density at radius 1 is 1.60 bits per heavy atom. The Kier molecular flexibility index (Phi) is 4.45. The van der Waals surface area contributed by atoms with Gasteiger partial charge in [0.25, 0.3) is 0 Å². The van der Waals surface area contributed by atoms with E-state index >= 15 is 0 Å². The third-order valence-electron chi connectivity index (χ3n) is 2.82. The van der Waals surface area contributed by atoms with Crippen LogP contribution in [0.5, 0.6) is 0 Å². The van der Waals surface area contributed by atoms with E-state index < -0.39 is 12.3 Å². The summed E-state index contributed by atoms with van der Waals surface area (Å²) in [6.07, 6.45) is -1.06. The van der Waals surface area contributed by atoms with Crippen molar-refractivity contribution in [1.29, 1.82) is 0 Å². The molecule has 1 rings (SSSR count). The Balaban J connectivity index is 2.22. The number of methoxy groups -OCH3 is 1. The van der Waals surface area contributed by atoms with Crippen LogP contribution in [0.4, 0.5) is 8.78 Å². The average molecular weight is 221 g/mol. The van der Waals surface area contributed by atoms with E-state index in [0.29, 0.717) is 19.4 Å². The van der Waals surface area contributed by atoms with Gasteiger partial charge in [-0.15, -0.1) is 0 Å². The minimum atomic E-state index is -2.23. The van der Waals surface area contributed by atoms with E-state index in [-0.39, 0.29) is 17.9 Å². The van der Waals surface area contributed by atoms with Gasteiger partial charge in [0.1, 0.15) is 6.04 Å². The largest absolute Gasteiger partial charge is 0.468 e. The topological polar surface area (TPSA) is 38.3 Å². The van der Waals surface area contributed by atoms with Crippen LogP contribution in [0.3, 0.4) is 0 Å². The second-order valence-corrected chi connectivity index (χ2v) is 3.89. The van der Waals surface area contributed by atoms with Gasteiger partial charge in [-0.1, -0.05) is 6.92 Å². The zero-order valence-electron chi connectivity index (χ0n) is 9.00. The molecule has 3 unspecified atom stereocenters. The number of carbonyl (C=O) groups excluding carboxylic acids is 1. The summed E-state index contributed by atoms with van der Waals surface area (Å²) >= 11 is 0. The van der Waals surface area contributed by atoms with Crippen molar-refractivity contribution in [3.63, 3.8) is 0 Å². The van der Waals surface area contributed by atoms with Gasteiger partial charge >= 0.3 is 5.97 Å². The van der Waals surface area contributed by atoms with Crippen LogP contribution in [-0.2, 0) is 9.53 Å². The van der Waals surface area contributed by atoms with E-state index in [1.54, 1.807) is 0 Å². The Bertz CT molecular complexity index is 223. The Morgan fingerprint density at radius 3 is 2.67 bits per heavy atom. The third-order valence-corrected chi connectivity index (χ3v) is 2.82. The summed E-state index contributed by atoms with van der Waals surface area (Å²) in [7, 11) is 1.33. The van der Waals surface area contributed by atoms with Crippen molar-refractivity contribution in [3.8, 4) is 0 Å². The van der Waals surface area contributed by atoms with Crippen LogP contribution >= 0.6 is 0 Å². The molecule has 0 aliphatic heterocycles. The maximum atomic E-state index is 12.2. The van der Waals surface area contributed by atoms with Crippen molar-refractivity contribution in [2.24, 2.45) is 11.8 Å². The van der Waals surface area contributed by atoms with E-state index in [2.05, 4.69) is 10.1 Å². The minimum Gasteiger partial charge on any atom is -0.468 e. The smallest absolute Gasteiger partial charge is 0.322 e. The molecule has 0 heterocycles. The molecule has 0 saturated heterocycles. The highest BCUT2D eigenvalue weighted by atomic mass is 19.3. The lowest BCUT2D eigenvalue weighted by Gasteiger charge is -2.14. The van der Waals surface area contributed by atoms with Crippen LogP contribution in [0.25, 0.3) is 0 Å². The van der Waals surface area contributed by atoms with Gasteiger partial charge in [0, 0.05) is 5.92 Å². The van der Waals surface area contributed by atoms with Gasteiger partial charge in [-0.3, -0.25) is 4.79 Å². The molecule has 3 nitrogen and oxygen atoms in total. The summed E-state index contributed by atoms with van der Waals surface area (Å²) < 4.78 is 28.9. The predicted octanol–water partition coefficient (Wildman–Crippen LogP) is 1.43. The molecule has 0 spiro atoms. The number of hydrogen-bond donors (Lipinski definition) is 1. The number of halogens is 2. The standard InChI is InChI=1S/C10H17F2NO2/c1-3-8(10(14)15-2)13-5-6-4-7(6)9(11)12/h6-9,13H,3-5H2,1-2H3. The zero-order valence-corrected chi connectivity index (χ0v) is 9.00. The molecule has 88 valence electrons. The lowest BCUT2D eigenvalue weighted by molar-refractivity contribution is -0.143. The van der Waals surface area contributed by atoms with Crippen LogP contribution in [0.2, 0.25) is 0 Å². The van der Waals surface area contributed by atoms with E-state index in [1.165, 1.54) is 7.11 Å². The molecule has 5 heteroatoms. The van der Waals surface area contributed by atoms with Crippen LogP contribution in [0.1, 0.15) is 19.8 Å². The number of ether oxygens (including phenoxy) is 1. The van der Waals surface area contributed by atoms with Crippen molar-refractivity contribution in [1.82, 2.24) is 5.32 Å². The fourth-order valence-electron chi connectivity index (χ4n) is 1.64. The van der Waals surface area contributed by atoms with Gasteiger partial charge < -0.3 is 10.1 Å². The molecule has 3 atom stereocenters. The van der Waals surface area contributed by atoms with Gasteiger partial charge in [0.15, 0.2) is 0 Å². The first-order chi connectivity index (χ1) is 7.10. The van der Waals surface area contributed by atoms with Gasteiger partial charge in [-0.2, -0.15) is 0 Å². The summed E-state index contributed by atoms with van der Waals surface area (Å²) in [5.74, 6) is -0.789. The monoisotopic (exact) mass is 221 g/mol. The van der Waals surface area contributed by atoms with E-state index in [0.717, 1.165) is 0 Å². The highest BCUT2D eigenvalue weighted by molar-refractivity contribution is 5.75. The normalized spacial score (nSPS) is 26.5. The maximum Gasteiger partial charge on any atom is 0.322 e. The summed E-state index contributed by atoms with van der Waals surface area (Å²) in [6.45, 7) is 2.33. The van der Waals surface area contributed by atoms with E-state index in [9.17, 15) is 13.6 Å². The Hall–Kier alpha value is -0.710. The van der Waals surface area contributed by atoms with Crippen molar-refractivity contribution in [2.75, 3.05) is 13.7 Å². The van der Waals surface area contributed by atoms with Gasteiger partial charge in [0.2, 0.25) is 6.43 Å². The van der Waals surface area contributed by atoms with Crippen molar-refractivity contribution in [3.05, 3.63) is 0 Å². The summed E-state index contributed by atoms with van der Waals surface area (Å²) in [4.78, 5) is 11.2. The molecule has 1 fully saturated rings. The SMILES string of the molecule is CCC(NCC1CC1C(F)F)C(=O)OC. The van der Waals surface area contributed by atoms with Gasteiger partial charge in [-0.25, -0.2) is 8.78 Å². The summed E-state index contributed by atoms with van der Waals surface area (Å²) in [5, 5.41) is 2.96. The molecule has 1 saturated carbocycles. The first-order valence-corrected chi connectivity index (χ1v) is 5.19. The van der Waals surface area contributed by atoms with Crippen LogP contribution in [-0.4, -0.2) is 32.1 Å². The average Bonchev–Trinajstić information content (AvgIpc) is 2.97. The third kappa shape index (κ3) is 3.41. The number of esters is 1. The Morgan fingerprint density at radius 2 is 2.27 bits per heavy atom. The van der Waals surface area contributed by atoms with Crippen LogP contribution in [0, 0.1) is 11.8 Å². The second-order valence-electron chi connectivity index (χ2n) is 3.89. The summed E-state index contributed by atoms with van der Waals surface area (Å²) in [5.41, 5.74) is 0. The van der Waals surface area contributed by atoms with Crippen molar-refractivity contribution >= 4 is 5.97 Å². The molecule has 0 radical (unpaired) electrons. The van der Waals surface area contributed by atoms with Gasteiger partial charge in [-0.05, 0) is 25.3 Å². The number of rotatable bonds is 6. The molecule has 0 aromatic rings. The lowest BCUT2D eigenvalue weighted by Crippen LogP contribution is -2.38. The van der Waals surface area contributed by atoms with E-state index in [1.807, 2.05) is 6.92 Å². The van der Waals surface area contributed by atoms with Crippen molar-refractivity contribution < 1.29 is 18.3 Å². The molecular weight excluding hydrogens is 204 g/mol. The number of nitrogens with one attached hydrogen (secondary N) is 1. The summed E-state index contributed by atoms with van der Waals surface area (Å²) in [6, 6.07) is -0.367. The fourth-order valence-corrected chi connectivity index (χ4v) is 1.64. The van der Waals surface area contributed by atoms with Gasteiger partial charge in [0.05, 0.1) is 7.11 Å². The maximum absolute atomic E-state index is 12.2. The molecule has 0 bridgehead atoms. The zero-order chi connectivity index (χ0) is 11.4. The molecule has 0 aromatic heterocycles. The van der Waals surface area contributed by atoms with Crippen LogP contribution in [0.15, 0.2) is 0 Å². The quantitative estimate of drug-likeness (QED) is 0.689. The number of alkyl halides is 2. The molecule has 0 amide bonds. The molecular formula is C10H17F2NO2. The van der Waals surface area contributed by atoms with Crippen molar-refractivity contribution in [2.45, 2.75) is 32.2 Å². The molecule has 15 heavy (non-hydrogen) atoms. The first-order valence-electron chi connectivity index (χ1n) is 5.19. The molecule has 0 aromatic carbocycles. The fraction of sp³-hybridized carbons (Fsp3) is 0.900. The number of carbonyl (C=O) groups is 1. The molecule has 1 N–H and O–H groups in total. The molecule has 1 aliphatic carbocycles. The first kappa shape index (κ1) is 12.4. The highest BCUT2D eigenvalue weighted by Crippen LogP contribution is 2.42. The molecule has 1 aliphatic rings. The predicted molar refractivity (Wildman–Crippen MR) is 51.7 cm³/mol.